The summed E-state index contributed by atoms with van der Waals surface area (Å²) in [5.74, 6) is -0.535. The van der Waals surface area contributed by atoms with E-state index in [9.17, 15) is 19.8 Å². The highest BCUT2D eigenvalue weighted by Crippen LogP contribution is 2.65. The minimum atomic E-state index is -1.13. The van der Waals surface area contributed by atoms with E-state index in [2.05, 4.69) is 4.90 Å². The van der Waals surface area contributed by atoms with E-state index < -0.39 is 23.5 Å². The van der Waals surface area contributed by atoms with Crippen molar-refractivity contribution in [2.24, 2.45) is 16.7 Å². The van der Waals surface area contributed by atoms with Crippen LogP contribution in [-0.2, 0) is 16.1 Å². The Morgan fingerprint density at radius 3 is 2.78 bits per heavy atom. The Labute approximate surface area is 216 Å². The van der Waals surface area contributed by atoms with Crippen LogP contribution in [0.2, 0.25) is 5.02 Å². The molecule has 4 atom stereocenters. The minimum Gasteiger partial charge on any atom is -0.392 e. The first-order chi connectivity index (χ1) is 17.2. The van der Waals surface area contributed by atoms with Gasteiger partial charge in [0, 0.05) is 40.7 Å². The second-order valence-corrected chi connectivity index (χ2v) is 11.8. The zero-order valence-corrected chi connectivity index (χ0v) is 21.6. The van der Waals surface area contributed by atoms with E-state index in [0.29, 0.717) is 30.1 Å². The highest BCUT2D eigenvalue weighted by atomic mass is 35.5. The number of benzene rings is 1. The molecule has 0 aromatic heterocycles. The molecule has 1 aromatic rings. The van der Waals surface area contributed by atoms with E-state index in [1.165, 1.54) is 11.1 Å². The molecule has 0 saturated carbocycles. The van der Waals surface area contributed by atoms with Gasteiger partial charge in [-0.25, -0.2) is 0 Å². The third-order valence-corrected chi connectivity index (χ3v) is 9.67. The summed E-state index contributed by atoms with van der Waals surface area (Å²) in [4.78, 5) is 29.8. The molecule has 0 saturated heterocycles. The van der Waals surface area contributed by atoms with Crippen LogP contribution < -0.4 is 0 Å². The highest BCUT2D eigenvalue weighted by molar-refractivity contribution is 6.30. The van der Waals surface area contributed by atoms with Crippen molar-refractivity contribution >= 4 is 23.2 Å². The van der Waals surface area contributed by atoms with Crippen LogP contribution >= 0.6 is 11.6 Å². The zero-order valence-electron chi connectivity index (χ0n) is 20.8. The quantitative estimate of drug-likeness (QED) is 0.621. The van der Waals surface area contributed by atoms with E-state index in [0.717, 1.165) is 48.1 Å². The van der Waals surface area contributed by atoms with Crippen molar-refractivity contribution in [2.75, 3.05) is 13.2 Å². The van der Waals surface area contributed by atoms with E-state index in [-0.39, 0.29) is 17.5 Å². The molecule has 4 aliphatic carbocycles. The van der Waals surface area contributed by atoms with Gasteiger partial charge in [-0.3, -0.25) is 9.59 Å². The molecule has 0 amide bonds. The fraction of sp³-hybridized carbons (Fsp3) is 0.467. The fourth-order valence-electron chi connectivity index (χ4n) is 7.67. The van der Waals surface area contributed by atoms with Gasteiger partial charge < -0.3 is 15.1 Å². The summed E-state index contributed by atoms with van der Waals surface area (Å²) in [6.07, 6.45) is 7.07. The Bertz CT molecular complexity index is 1320. The summed E-state index contributed by atoms with van der Waals surface area (Å²) < 4.78 is 0. The maximum absolute atomic E-state index is 14.0. The molecular formula is C30H32ClNO4. The van der Waals surface area contributed by atoms with Crippen molar-refractivity contribution in [2.45, 2.75) is 58.6 Å². The molecule has 188 valence electrons. The number of carbonyl (C=O) groups excluding carboxylic acids is 2. The lowest BCUT2D eigenvalue weighted by Crippen LogP contribution is -2.62. The molecule has 0 bridgehead atoms. The Kier molecular flexibility index (Phi) is 5.49. The maximum Gasteiger partial charge on any atom is 0.182 e. The van der Waals surface area contributed by atoms with Crippen molar-refractivity contribution in [1.29, 1.82) is 0 Å². The van der Waals surface area contributed by atoms with Crippen LogP contribution in [0.3, 0.4) is 0 Å². The van der Waals surface area contributed by atoms with Gasteiger partial charge in [0.15, 0.2) is 11.6 Å². The molecule has 0 spiro atoms. The van der Waals surface area contributed by atoms with Gasteiger partial charge in [0.05, 0.1) is 11.5 Å². The van der Waals surface area contributed by atoms with Crippen molar-refractivity contribution in [1.82, 2.24) is 4.90 Å². The average Bonchev–Trinajstić information content (AvgIpc) is 3.43. The van der Waals surface area contributed by atoms with Crippen molar-refractivity contribution in [3.05, 3.63) is 80.6 Å². The van der Waals surface area contributed by atoms with Crippen molar-refractivity contribution in [3.8, 4) is 0 Å². The number of hydrogen-bond donors (Lipinski definition) is 2. The molecule has 1 aliphatic heterocycles. The van der Waals surface area contributed by atoms with Crippen molar-refractivity contribution in [3.63, 3.8) is 0 Å². The fourth-order valence-corrected chi connectivity index (χ4v) is 7.88. The lowest BCUT2D eigenvalue weighted by Gasteiger charge is -2.58. The molecule has 36 heavy (non-hydrogen) atoms. The largest absolute Gasteiger partial charge is 0.392 e. The summed E-state index contributed by atoms with van der Waals surface area (Å²) >= 11 is 6.32. The Morgan fingerprint density at radius 1 is 1.22 bits per heavy atom. The van der Waals surface area contributed by atoms with Gasteiger partial charge in [-0.05, 0) is 72.6 Å². The number of carbonyl (C=O) groups is 2. The SMILES string of the molecule is C[C@H]1C=C2C(=O)C=C3C4=C(C5=C(CCC5)C4)N(Cc4cccc(Cl)c4)C[C@]3(C(=O)CO)[C@@]2(C)C[C@@H]1O. The van der Waals surface area contributed by atoms with Gasteiger partial charge in [-0.2, -0.15) is 0 Å². The van der Waals surface area contributed by atoms with Gasteiger partial charge in [0.1, 0.15) is 6.61 Å². The van der Waals surface area contributed by atoms with E-state index in [1.54, 1.807) is 6.08 Å². The zero-order chi connectivity index (χ0) is 25.4. The lowest BCUT2D eigenvalue weighted by atomic mass is 9.46. The number of hydrogen-bond acceptors (Lipinski definition) is 5. The Hall–Kier alpha value is -2.47. The molecule has 5 nitrogen and oxygen atoms in total. The predicted molar refractivity (Wildman–Crippen MR) is 138 cm³/mol. The van der Waals surface area contributed by atoms with Crippen LogP contribution in [0.5, 0.6) is 0 Å². The minimum absolute atomic E-state index is 0.0742. The molecule has 6 rings (SSSR count). The number of halogens is 1. The third-order valence-electron chi connectivity index (χ3n) is 9.44. The van der Waals surface area contributed by atoms with Crippen molar-refractivity contribution < 1.29 is 19.8 Å². The number of rotatable bonds is 4. The second-order valence-electron chi connectivity index (χ2n) is 11.4. The van der Waals surface area contributed by atoms with Gasteiger partial charge in [0.2, 0.25) is 0 Å². The summed E-state index contributed by atoms with van der Waals surface area (Å²) in [5.41, 5.74) is 5.33. The van der Waals surface area contributed by atoms with Crippen LogP contribution in [0.1, 0.15) is 51.5 Å². The van der Waals surface area contributed by atoms with Gasteiger partial charge in [-0.15, -0.1) is 0 Å². The monoisotopic (exact) mass is 505 g/mol. The molecule has 2 N–H and O–H groups in total. The highest BCUT2D eigenvalue weighted by Gasteiger charge is 2.65. The number of nitrogens with zero attached hydrogens (tertiary/aromatic N) is 1. The van der Waals surface area contributed by atoms with Gasteiger partial charge in [-0.1, -0.05) is 49.2 Å². The Balaban J connectivity index is 1.59. The Morgan fingerprint density at radius 2 is 2.03 bits per heavy atom. The molecule has 0 unspecified atom stereocenters. The number of aliphatic hydroxyl groups excluding tert-OH is 2. The molecule has 0 fully saturated rings. The molecule has 6 heteroatoms. The first kappa shape index (κ1) is 23.9. The summed E-state index contributed by atoms with van der Waals surface area (Å²) in [5, 5.41) is 22.0. The predicted octanol–water partition coefficient (Wildman–Crippen LogP) is 4.68. The topological polar surface area (TPSA) is 77.8 Å². The number of Topliss-reactive ketones (excluding diaryl/α,β-unsaturated/α-hetero) is 1. The molecule has 0 radical (unpaired) electrons. The number of ketones is 2. The van der Waals surface area contributed by atoms with E-state index in [1.807, 2.05) is 44.2 Å². The molecular weight excluding hydrogens is 474 g/mol. The van der Waals surface area contributed by atoms with Crippen LogP contribution in [0.15, 0.2) is 70.0 Å². The van der Waals surface area contributed by atoms with Crippen LogP contribution in [0.25, 0.3) is 0 Å². The van der Waals surface area contributed by atoms with Crippen LogP contribution in [-0.4, -0.2) is 45.9 Å². The third kappa shape index (κ3) is 3.15. The van der Waals surface area contributed by atoms with Crippen LogP contribution in [0, 0.1) is 16.7 Å². The molecule has 5 aliphatic rings. The normalized spacial score (nSPS) is 33.1. The first-order valence-electron chi connectivity index (χ1n) is 12.9. The number of fused-ring (bicyclic) bond motifs is 5. The van der Waals surface area contributed by atoms with Crippen LogP contribution in [0.4, 0.5) is 0 Å². The van der Waals surface area contributed by atoms with E-state index >= 15 is 0 Å². The molecule has 1 heterocycles. The average molecular weight is 506 g/mol. The summed E-state index contributed by atoms with van der Waals surface area (Å²) in [7, 11) is 0. The van der Waals surface area contributed by atoms with Gasteiger partial charge in [0.25, 0.3) is 0 Å². The number of aliphatic hydroxyl groups is 2. The lowest BCUT2D eigenvalue weighted by molar-refractivity contribution is -0.140. The van der Waals surface area contributed by atoms with E-state index in [4.69, 9.17) is 11.6 Å². The summed E-state index contributed by atoms with van der Waals surface area (Å²) in [6.45, 7) is 4.17. The smallest absolute Gasteiger partial charge is 0.182 e. The summed E-state index contributed by atoms with van der Waals surface area (Å²) in [6, 6.07) is 7.79. The standard InChI is InChI=1S/C30H32ClNO4/c1-17-9-24-25(34)12-23-22-11-19-6-4-8-21(19)28(22)32(14-18-5-3-7-20(31)10-18)16-30(23,27(36)15-33)29(24,2)13-26(17)35/h3,5,7,9-10,12,17,26,33,35H,4,6,8,11,13-16H2,1-2H3/t17-,26-,29-,30-/m0/s1. The number of allylic oxidation sites excluding steroid dienone is 5. The second kappa shape index (κ2) is 8.27. The molecule has 1 aromatic carbocycles. The first-order valence-corrected chi connectivity index (χ1v) is 13.3. The maximum atomic E-state index is 14.0. The van der Waals surface area contributed by atoms with Gasteiger partial charge >= 0.3 is 0 Å².